The molecule has 2 aliphatic heterocycles. The summed E-state index contributed by atoms with van der Waals surface area (Å²) in [4.78, 5) is 0. The van der Waals surface area contributed by atoms with Gasteiger partial charge in [-0.2, -0.15) is 0 Å². The third kappa shape index (κ3) is 1.80. The van der Waals surface area contributed by atoms with E-state index < -0.39 is 0 Å². The van der Waals surface area contributed by atoms with Gasteiger partial charge in [0.05, 0.1) is 18.8 Å². The molecule has 1 unspecified atom stereocenters. The molecule has 0 N–H and O–H groups in total. The molecule has 1 aromatic rings. The first-order valence-corrected chi connectivity index (χ1v) is 5.66. The highest BCUT2D eigenvalue weighted by molar-refractivity contribution is 5.20. The maximum atomic E-state index is 5.82. The Kier molecular flexibility index (Phi) is 2.26. The number of fused-ring (bicyclic) bond motifs is 1. The molecule has 0 radical (unpaired) electrons. The van der Waals surface area contributed by atoms with Crippen molar-refractivity contribution < 1.29 is 9.47 Å². The van der Waals surface area contributed by atoms with Crippen molar-refractivity contribution in [1.82, 2.24) is 0 Å². The zero-order valence-corrected chi connectivity index (χ0v) is 8.93. The normalized spacial score (nSPS) is 35.7. The first-order chi connectivity index (χ1) is 7.34. The van der Waals surface area contributed by atoms with Crippen LogP contribution in [0.3, 0.4) is 0 Å². The van der Waals surface area contributed by atoms with Crippen LogP contribution >= 0.6 is 0 Å². The molecular formula is C13H16O2. The van der Waals surface area contributed by atoms with E-state index in [9.17, 15) is 0 Å². The maximum Gasteiger partial charge on any atom is 0.108 e. The summed E-state index contributed by atoms with van der Waals surface area (Å²) >= 11 is 0. The van der Waals surface area contributed by atoms with Gasteiger partial charge in [0.15, 0.2) is 0 Å². The first-order valence-electron chi connectivity index (χ1n) is 5.66. The topological polar surface area (TPSA) is 21.8 Å². The second kappa shape index (κ2) is 3.62. The van der Waals surface area contributed by atoms with Gasteiger partial charge in [-0.25, -0.2) is 0 Å². The van der Waals surface area contributed by atoms with E-state index in [1.165, 1.54) is 5.56 Å². The Bertz CT molecular complexity index is 336. The monoisotopic (exact) mass is 204 g/mol. The SMILES string of the molecule is C[C@@H](c1ccccc1)[C@@H]1CC2O[C@@H]2CO1. The van der Waals surface area contributed by atoms with Crippen LogP contribution in [-0.4, -0.2) is 24.9 Å². The fraction of sp³-hybridized carbons (Fsp3) is 0.538. The quantitative estimate of drug-likeness (QED) is 0.690. The van der Waals surface area contributed by atoms with E-state index in [-0.39, 0.29) is 0 Å². The summed E-state index contributed by atoms with van der Waals surface area (Å²) in [5, 5.41) is 0. The molecule has 0 spiro atoms. The van der Waals surface area contributed by atoms with E-state index >= 15 is 0 Å². The average Bonchev–Trinajstić information content (AvgIpc) is 3.07. The molecule has 2 saturated heterocycles. The molecule has 3 rings (SSSR count). The van der Waals surface area contributed by atoms with Crippen molar-refractivity contribution >= 4 is 0 Å². The standard InChI is InChI=1S/C13H16O2/c1-9(10-5-3-2-4-6-10)11-7-12-13(15-12)8-14-11/h2-6,9,11-13H,7-8H2,1H3/t9-,11-,12?,13+/m0/s1. The van der Waals surface area contributed by atoms with E-state index in [2.05, 4.69) is 37.3 Å². The van der Waals surface area contributed by atoms with Crippen molar-refractivity contribution in [1.29, 1.82) is 0 Å². The molecular weight excluding hydrogens is 188 g/mol. The van der Waals surface area contributed by atoms with Gasteiger partial charge < -0.3 is 9.47 Å². The molecule has 0 saturated carbocycles. The molecule has 2 nitrogen and oxygen atoms in total. The van der Waals surface area contributed by atoms with Crippen molar-refractivity contribution in [3.8, 4) is 0 Å². The second-order valence-electron chi connectivity index (χ2n) is 4.52. The lowest BCUT2D eigenvalue weighted by Crippen LogP contribution is -2.29. The van der Waals surface area contributed by atoms with Crippen molar-refractivity contribution in [3.05, 3.63) is 35.9 Å². The minimum Gasteiger partial charge on any atom is -0.375 e. The molecule has 2 aliphatic rings. The number of epoxide rings is 1. The largest absolute Gasteiger partial charge is 0.375 e. The van der Waals surface area contributed by atoms with Crippen LogP contribution in [0, 0.1) is 0 Å². The Hall–Kier alpha value is -0.860. The lowest BCUT2D eigenvalue weighted by atomic mass is 9.91. The molecule has 2 fully saturated rings. The highest BCUT2D eigenvalue weighted by Gasteiger charge is 2.46. The fourth-order valence-electron chi connectivity index (χ4n) is 2.37. The van der Waals surface area contributed by atoms with Crippen LogP contribution in [0.25, 0.3) is 0 Å². The predicted molar refractivity (Wildman–Crippen MR) is 57.9 cm³/mol. The molecule has 80 valence electrons. The van der Waals surface area contributed by atoms with Crippen LogP contribution in [0.5, 0.6) is 0 Å². The van der Waals surface area contributed by atoms with Crippen LogP contribution in [0.2, 0.25) is 0 Å². The number of ether oxygens (including phenoxy) is 2. The molecule has 0 aromatic heterocycles. The third-order valence-electron chi connectivity index (χ3n) is 3.51. The number of hydrogen-bond acceptors (Lipinski definition) is 2. The van der Waals surface area contributed by atoms with Gasteiger partial charge in [-0.1, -0.05) is 37.3 Å². The first kappa shape index (κ1) is 9.37. The van der Waals surface area contributed by atoms with Crippen molar-refractivity contribution in [3.63, 3.8) is 0 Å². The lowest BCUT2D eigenvalue weighted by molar-refractivity contribution is 0.0156. The summed E-state index contributed by atoms with van der Waals surface area (Å²) in [6.45, 7) is 3.02. The predicted octanol–water partition coefficient (Wildman–Crippen LogP) is 2.35. The summed E-state index contributed by atoms with van der Waals surface area (Å²) in [5.41, 5.74) is 1.36. The molecule has 4 atom stereocenters. The number of rotatable bonds is 2. The van der Waals surface area contributed by atoms with Gasteiger partial charge in [-0.05, 0) is 5.56 Å². The van der Waals surface area contributed by atoms with Gasteiger partial charge in [-0.15, -0.1) is 0 Å². The molecule has 1 aromatic carbocycles. The van der Waals surface area contributed by atoms with Gasteiger partial charge in [-0.3, -0.25) is 0 Å². The van der Waals surface area contributed by atoms with Gasteiger partial charge in [0, 0.05) is 12.3 Å². The van der Waals surface area contributed by atoms with E-state index in [1.54, 1.807) is 0 Å². The van der Waals surface area contributed by atoms with Gasteiger partial charge in [0.25, 0.3) is 0 Å². The zero-order valence-electron chi connectivity index (χ0n) is 8.93. The van der Waals surface area contributed by atoms with Crippen molar-refractivity contribution in [2.75, 3.05) is 6.61 Å². The molecule has 2 heterocycles. The average molecular weight is 204 g/mol. The van der Waals surface area contributed by atoms with E-state index in [4.69, 9.17) is 9.47 Å². The second-order valence-corrected chi connectivity index (χ2v) is 4.52. The summed E-state index contributed by atoms with van der Waals surface area (Å²) in [6.07, 6.45) is 2.27. The molecule has 0 amide bonds. The molecule has 0 bridgehead atoms. The highest BCUT2D eigenvalue weighted by atomic mass is 16.6. The smallest absolute Gasteiger partial charge is 0.108 e. The van der Waals surface area contributed by atoms with Crippen LogP contribution < -0.4 is 0 Å². The van der Waals surface area contributed by atoms with Crippen LogP contribution in [0.4, 0.5) is 0 Å². The Morgan fingerprint density at radius 1 is 1.20 bits per heavy atom. The Morgan fingerprint density at radius 2 is 2.00 bits per heavy atom. The van der Waals surface area contributed by atoms with Crippen LogP contribution in [-0.2, 0) is 9.47 Å². The maximum absolute atomic E-state index is 5.82. The van der Waals surface area contributed by atoms with Crippen LogP contribution in [0.1, 0.15) is 24.8 Å². The van der Waals surface area contributed by atoms with E-state index in [0.717, 1.165) is 13.0 Å². The third-order valence-corrected chi connectivity index (χ3v) is 3.51. The summed E-state index contributed by atoms with van der Waals surface area (Å²) < 4.78 is 11.3. The fourth-order valence-corrected chi connectivity index (χ4v) is 2.37. The Morgan fingerprint density at radius 3 is 2.73 bits per heavy atom. The van der Waals surface area contributed by atoms with Gasteiger partial charge >= 0.3 is 0 Å². The summed E-state index contributed by atoms with van der Waals surface area (Å²) in [5.74, 6) is 0.469. The molecule has 0 aliphatic carbocycles. The summed E-state index contributed by atoms with van der Waals surface area (Å²) in [7, 11) is 0. The number of benzene rings is 1. The molecule has 15 heavy (non-hydrogen) atoms. The minimum atomic E-state index is 0.330. The molecule has 2 heteroatoms. The van der Waals surface area contributed by atoms with Crippen LogP contribution in [0.15, 0.2) is 30.3 Å². The zero-order chi connectivity index (χ0) is 10.3. The Labute approximate surface area is 90.2 Å². The highest BCUT2D eigenvalue weighted by Crippen LogP contribution is 2.37. The summed E-state index contributed by atoms with van der Waals surface area (Å²) in [6, 6.07) is 10.6. The van der Waals surface area contributed by atoms with Crippen molar-refractivity contribution in [2.24, 2.45) is 0 Å². The van der Waals surface area contributed by atoms with E-state index in [1.807, 2.05) is 0 Å². The van der Waals surface area contributed by atoms with Gasteiger partial charge in [0.2, 0.25) is 0 Å². The van der Waals surface area contributed by atoms with Crippen molar-refractivity contribution in [2.45, 2.75) is 37.6 Å². The van der Waals surface area contributed by atoms with E-state index in [0.29, 0.717) is 24.2 Å². The number of hydrogen-bond donors (Lipinski definition) is 0. The minimum absolute atomic E-state index is 0.330. The Balaban J connectivity index is 1.71. The lowest BCUT2D eigenvalue weighted by Gasteiger charge is -2.26. The van der Waals surface area contributed by atoms with Gasteiger partial charge in [0.1, 0.15) is 6.10 Å².